The molecular formula is C16H20N2O2. The molecule has 2 aliphatic rings. The fourth-order valence-electron chi connectivity index (χ4n) is 3.53. The Balaban J connectivity index is 1.96. The van der Waals surface area contributed by atoms with Gasteiger partial charge < -0.3 is 5.73 Å². The van der Waals surface area contributed by atoms with Crippen LogP contribution in [0.5, 0.6) is 0 Å². The van der Waals surface area contributed by atoms with Gasteiger partial charge in [0.1, 0.15) is 0 Å². The Morgan fingerprint density at radius 2 is 1.65 bits per heavy atom. The third-order valence-corrected chi connectivity index (χ3v) is 4.63. The number of para-hydroxylation sites is 2. The first-order valence-corrected chi connectivity index (χ1v) is 7.36. The fraction of sp³-hybridized carbons (Fsp3) is 0.500. The molecule has 106 valence electrons. The predicted octanol–water partition coefficient (Wildman–Crippen LogP) is 2.87. The first-order chi connectivity index (χ1) is 9.64. The van der Waals surface area contributed by atoms with E-state index in [9.17, 15) is 9.59 Å². The largest absolute Gasteiger partial charge is 0.397 e. The van der Waals surface area contributed by atoms with Gasteiger partial charge in [-0.2, -0.15) is 0 Å². The van der Waals surface area contributed by atoms with Crippen LogP contribution in [0.3, 0.4) is 0 Å². The fourth-order valence-corrected chi connectivity index (χ4v) is 3.53. The van der Waals surface area contributed by atoms with Crippen molar-refractivity contribution in [3.05, 3.63) is 24.3 Å². The summed E-state index contributed by atoms with van der Waals surface area (Å²) >= 11 is 0. The van der Waals surface area contributed by atoms with Crippen molar-refractivity contribution < 1.29 is 9.59 Å². The van der Waals surface area contributed by atoms with Crippen molar-refractivity contribution >= 4 is 23.2 Å². The average Bonchev–Trinajstić information content (AvgIpc) is 2.60. The molecular weight excluding hydrogens is 252 g/mol. The van der Waals surface area contributed by atoms with Crippen LogP contribution in [0.15, 0.2) is 24.3 Å². The third-order valence-electron chi connectivity index (χ3n) is 4.63. The van der Waals surface area contributed by atoms with E-state index in [1.807, 2.05) is 12.1 Å². The first kappa shape index (κ1) is 13.2. The minimum Gasteiger partial charge on any atom is -0.397 e. The van der Waals surface area contributed by atoms with E-state index in [2.05, 4.69) is 0 Å². The highest BCUT2D eigenvalue weighted by atomic mass is 16.2. The van der Waals surface area contributed by atoms with Crippen molar-refractivity contribution in [2.45, 2.75) is 44.9 Å². The van der Waals surface area contributed by atoms with Crippen molar-refractivity contribution in [1.82, 2.24) is 0 Å². The van der Waals surface area contributed by atoms with Gasteiger partial charge in [-0.1, -0.05) is 37.8 Å². The Hall–Kier alpha value is -1.84. The minimum atomic E-state index is -0.462. The van der Waals surface area contributed by atoms with E-state index in [1.165, 1.54) is 4.90 Å². The molecule has 2 N–H and O–H groups in total. The van der Waals surface area contributed by atoms with Crippen LogP contribution in [0, 0.1) is 5.41 Å². The molecule has 4 heteroatoms. The molecule has 1 aromatic carbocycles. The lowest BCUT2D eigenvalue weighted by atomic mass is 9.79. The van der Waals surface area contributed by atoms with E-state index in [-0.39, 0.29) is 11.8 Å². The van der Waals surface area contributed by atoms with Crippen molar-refractivity contribution in [3.8, 4) is 0 Å². The van der Waals surface area contributed by atoms with Crippen molar-refractivity contribution in [2.24, 2.45) is 5.41 Å². The Labute approximate surface area is 118 Å². The van der Waals surface area contributed by atoms with Gasteiger partial charge in [-0.15, -0.1) is 0 Å². The maximum atomic E-state index is 12.8. The number of benzene rings is 1. The summed E-state index contributed by atoms with van der Waals surface area (Å²) in [5, 5.41) is 0. The number of rotatable bonds is 1. The van der Waals surface area contributed by atoms with Gasteiger partial charge in [0.05, 0.1) is 16.8 Å². The predicted molar refractivity (Wildman–Crippen MR) is 78.1 cm³/mol. The molecule has 0 aromatic heterocycles. The maximum absolute atomic E-state index is 12.8. The summed E-state index contributed by atoms with van der Waals surface area (Å²) in [6, 6.07) is 7.10. The molecule has 1 aliphatic heterocycles. The molecule has 2 fully saturated rings. The number of carbonyl (C=O) groups excluding carboxylic acids is 2. The van der Waals surface area contributed by atoms with Gasteiger partial charge in [-0.25, -0.2) is 4.90 Å². The maximum Gasteiger partial charge on any atom is 0.240 e. The van der Waals surface area contributed by atoms with E-state index in [0.717, 1.165) is 38.5 Å². The third kappa shape index (κ3) is 1.99. The molecule has 1 aromatic rings. The quantitative estimate of drug-likeness (QED) is 0.631. The van der Waals surface area contributed by atoms with Crippen molar-refractivity contribution in [3.63, 3.8) is 0 Å². The van der Waals surface area contributed by atoms with E-state index < -0.39 is 5.41 Å². The molecule has 1 saturated heterocycles. The first-order valence-electron chi connectivity index (χ1n) is 7.36. The Bertz CT molecular complexity index is 545. The number of imide groups is 1. The zero-order valence-corrected chi connectivity index (χ0v) is 11.6. The summed E-state index contributed by atoms with van der Waals surface area (Å²) in [5.74, 6) is -0.142. The number of carbonyl (C=O) groups is 2. The highest BCUT2D eigenvalue weighted by Crippen LogP contribution is 2.46. The molecule has 4 nitrogen and oxygen atoms in total. The lowest BCUT2D eigenvalue weighted by Crippen LogP contribution is -2.36. The summed E-state index contributed by atoms with van der Waals surface area (Å²) in [6.07, 6.45) is 6.42. The monoisotopic (exact) mass is 272 g/mol. The zero-order chi connectivity index (χ0) is 14.2. The van der Waals surface area contributed by atoms with Gasteiger partial charge in [0.2, 0.25) is 11.8 Å². The highest BCUT2D eigenvalue weighted by molar-refractivity contribution is 6.23. The number of nitrogens with two attached hydrogens (primary N) is 1. The number of anilines is 2. The summed E-state index contributed by atoms with van der Waals surface area (Å²) in [5.41, 5.74) is 6.50. The Morgan fingerprint density at radius 1 is 1.00 bits per heavy atom. The molecule has 3 rings (SSSR count). The van der Waals surface area contributed by atoms with Gasteiger partial charge in [-0.05, 0) is 25.0 Å². The highest BCUT2D eigenvalue weighted by Gasteiger charge is 2.51. The zero-order valence-electron chi connectivity index (χ0n) is 11.6. The van der Waals surface area contributed by atoms with Crippen LogP contribution in [-0.2, 0) is 9.59 Å². The lowest BCUT2D eigenvalue weighted by molar-refractivity contribution is -0.126. The van der Waals surface area contributed by atoms with E-state index in [1.54, 1.807) is 12.1 Å². The number of amides is 2. The van der Waals surface area contributed by atoms with Crippen LogP contribution < -0.4 is 10.6 Å². The number of nitrogens with zero attached hydrogens (tertiary/aromatic N) is 1. The van der Waals surface area contributed by atoms with Gasteiger partial charge in [0.15, 0.2) is 0 Å². The molecule has 0 unspecified atom stereocenters. The summed E-state index contributed by atoms with van der Waals surface area (Å²) in [7, 11) is 0. The van der Waals surface area contributed by atoms with Crippen LogP contribution in [0.4, 0.5) is 11.4 Å². The molecule has 2 amide bonds. The molecule has 1 heterocycles. The second-order valence-electron chi connectivity index (χ2n) is 5.96. The summed E-state index contributed by atoms with van der Waals surface area (Å²) < 4.78 is 0. The summed E-state index contributed by atoms with van der Waals surface area (Å²) in [4.78, 5) is 26.5. The number of nitrogen functional groups attached to an aromatic ring is 1. The normalized spacial score (nSPS) is 22.3. The van der Waals surface area contributed by atoms with E-state index in [0.29, 0.717) is 17.8 Å². The lowest BCUT2D eigenvalue weighted by Gasteiger charge is -2.25. The molecule has 1 aliphatic carbocycles. The molecule has 0 bridgehead atoms. The van der Waals surface area contributed by atoms with E-state index in [4.69, 9.17) is 5.73 Å². The number of hydrogen-bond acceptors (Lipinski definition) is 3. The second kappa shape index (κ2) is 4.93. The molecule has 20 heavy (non-hydrogen) atoms. The van der Waals surface area contributed by atoms with Gasteiger partial charge in [-0.3, -0.25) is 9.59 Å². The van der Waals surface area contributed by atoms with Crippen LogP contribution in [0.2, 0.25) is 0 Å². The Morgan fingerprint density at radius 3 is 2.30 bits per heavy atom. The SMILES string of the molecule is Nc1ccccc1N1C(=O)CC2(CCCCCC2)C1=O. The average molecular weight is 272 g/mol. The molecule has 0 atom stereocenters. The smallest absolute Gasteiger partial charge is 0.240 e. The standard InChI is InChI=1S/C16H20N2O2/c17-12-7-3-4-8-13(12)18-14(19)11-16(15(18)20)9-5-1-2-6-10-16/h3-4,7-8H,1-2,5-6,9-11,17H2. The molecule has 1 spiro atoms. The second-order valence-corrected chi connectivity index (χ2v) is 5.96. The molecule has 1 saturated carbocycles. The van der Waals surface area contributed by atoms with Crippen LogP contribution >= 0.6 is 0 Å². The topological polar surface area (TPSA) is 63.4 Å². The van der Waals surface area contributed by atoms with Crippen molar-refractivity contribution in [1.29, 1.82) is 0 Å². The minimum absolute atomic E-state index is 0.0395. The summed E-state index contributed by atoms with van der Waals surface area (Å²) in [6.45, 7) is 0. The van der Waals surface area contributed by atoms with Gasteiger partial charge in [0, 0.05) is 6.42 Å². The van der Waals surface area contributed by atoms with Gasteiger partial charge in [0.25, 0.3) is 0 Å². The van der Waals surface area contributed by atoms with Gasteiger partial charge >= 0.3 is 0 Å². The van der Waals surface area contributed by atoms with Crippen LogP contribution in [0.25, 0.3) is 0 Å². The number of hydrogen-bond donors (Lipinski definition) is 1. The Kier molecular flexibility index (Phi) is 3.24. The van der Waals surface area contributed by atoms with Crippen LogP contribution in [0.1, 0.15) is 44.9 Å². The van der Waals surface area contributed by atoms with E-state index >= 15 is 0 Å². The molecule has 0 radical (unpaired) electrons. The van der Waals surface area contributed by atoms with Crippen LogP contribution in [-0.4, -0.2) is 11.8 Å². The van der Waals surface area contributed by atoms with Crippen molar-refractivity contribution in [2.75, 3.05) is 10.6 Å².